The third-order valence-electron chi connectivity index (χ3n) is 6.92. The lowest BCUT2D eigenvalue weighted by Gasteiger charge is -2.26. The SMILES string of the molecule is NC(=O)c1cc(-c2cccnc2[C@H](Cc2cc(F)cc(F)c2)NC(O)Cn2c(C(F)(F)F)cc3ccccc32)ccc1F. The maximum Gasteiger partial charge on any atom is 0.431 e. The van der Waals surface area contributed by atoms with Crippen LogP contribution in [-0.4, -0.2) is 26.8 Å². The number of rotatable bonds is 9. The van der Waals surface area contributed by atoms with Crippen molar-refractivity contribution in [3.05, 3.63) is 125 Å². The molecule has 6 nitrogen and oxygen atoms in total. The highest BCUT2D eigenvalue weighted by molar-refractivity contribution is 5.94. The number of pyridine rings is 1. The molecular formula is C31H24F6N4O2. The van der Waals surface area contributed by atoms with Crippen LogP contribution in [0.2, 0.25) is 0 Å². The van der Waals surface area contributed by atoms with Crippen LogP contribution < -0.4 is 11.1 Å². The highest BCUT2D eigenvalue weighted by atomic mass is 19.4. The largest absolute Gasteiger partial charge is 0.431 e. The van der Waals surface area contributed by atoms with Gasteiger partial charge in [0.15, 0.2) is 0 Å². The first-order valence-electron chi connectivity index (χ1n) is 13.0. The predicted octanol–water partition coefficient (Wildman–Crippen LogP) is 6.13. The number of aromatic nitrogens is 2. The normalized spacial score (nSPS) is 13.3. The van der Waals surface area contributed by atoms with Gasteiger partial charge in [-0.15, -0.1) is 0 Å². The van der Waals surface area contributed by atoms with Crippen LogP contribution in [-0.2, 0) is 19.1 Å². The maximum absolute atomic E-state index is 14.2. The molecule has 12 heteroatoms. The van der Waals surface area contributed by atoms with E-state index in [9.17, 15) is 36.2 Å². The van der Waals surface area contributed by atoms with Crippen LogP contribution in [0.15, 0.2) is 85.1 Å². The minimum atomic E-state index is -4.72. The van der Waals surface area contributed by atoms with Gasteiger partial charge in [-0.2, -0.15) is 13.2 Å². The number of primary amides is 1. The summed E-state index contributed by atoms with van der Waals surface area (Å²) in [5.74, 6) is -3.56. The van der Waals surface area contributed by atoms with Crippen LogP contribution in [0.4, 0.5) is 26.3 Å². The lowest BCUT2D eigenvalue weighted by Crippen LogP contribution is -2.38. The summed E-state index contributed by atoms with van der Waals surface area (Å²) < 4.78 is 85.1. The summed E-state index contributed by atoms with van der Waals surface area (Å²) in [6.07, 6.45) is -5.07. The molecule has 3 aromatic carbocycles. The third-order valence-corrected chi connectivity index (χ3v) is 6.92. The third kappa shape index (κ3) is 6.55. The van der Waals surface area contributed by atoms with Crippen LogP contribution >= 0.6 is 0 Å². The van der Waals surface area contributed by atoms with E-state index in [0.29, 0.717) is 22.6 Å². The van der Waals surface area contributed by atoms with E-state index >= 15 is 0 Å². The van der Waals surface area contributed by atoms with Gasteiger partial charge < -0.3 is 15.4 Å². The first kappa shape index (κ1) is 29.8. The maximum atomic E-state index is 14.2. The van der Waals surface area contributed by atoms with Gasteiger partial charge in [0.1, 0.15) is 29.4 Å². The van der Waals surface area contributed by atoms with Gasteiger partial charge in [0, 0.05) is 28.7 Å². The summed E-state index contributed by atoms with van der Waals surface area (Å²) in [6, 6.07) is 15.8. The van der Waals surface area contributed by atoms with Crippen molar-refractivity contribution >= 4 is 16.8 Å². The molecule has 0 aliphatic heterocycles. The number of halogens is 6. The molecule has 2 heterocycles. The molecule has 1 unspecified atom stereocenters. The number of aliphatic hydroxyl groups excluding tert-OH is 1. The molecule has 0 aliphatic rings. The fourth-order valence-corrected chi connectivity index (χ4v) is 5.12. The number of nitrogens with two attached hydrogens (primary N) is 1. The van der Waals surface area contributed by atoms with E-state index in [4.69, 9.17) is 5.73 Å². The van der Waals surface area contributed by atoms with Crippen LogP contribution in [0.1, 0.15) is 33.4 Å². The summed E-state index contributed by atoms with van der Waals surface area (Å²) in [4.78, 5) is 16.2. The van der Waals surface area contributed by atoms with E-state index in [1.165, 1.54) is 30.5 Å². The zero-order valence-electron chi connectivity index (χ0n) is 22.2. The van der Waals surface area contributed by atoms with E-state index in [-0.39, 0.29) is 28.8 Å². The molecule has 0 bridgehead atoms. The lowest BCUT2D eigenvalue weighted by atomic mass is 9.94. The number of fused-ring (bicyclic) bond motifs is 1. The number of alkyl halides is 3. The van der Waals surface area contributed by atoms with E-state index < -0.39 is 54.0 Å². The molecule has 0 spiro atoms. The number of carbonyl (C=O) groups excluding carboxylic acids is 1. The molecule has 0 aliphatic carbocycles. The molecule has 222 valence electrons. The number of amides is 1. The Hall–Kier alpha value is -4.68. The Kier molecular flexibility index (Phi) is 8.25. The average Bonchev–Trinajstić information content (AvgIpc) is 3.31. The zero-order valence-corrected chi connectivity index (χ0v) is 22.2. The van der Waals surface area contributed by atoms with Gasteiger partial charge in [-0.1, -0.05) is 30.3 Å². The predicted molar refractivity (Wildman–Crippen MR) is 147 cm³/mol. The van der Waals surface area contributed by atoms with Crippen molar-refractivity contribution in [3.8, 4) is 11.1 Å². The standard InChI is InChI=1S/C31H24F6N4O2/c32-20-10-17(11-21(33)15-20)12-25(29-22(5-3-9-39-29)18-7-8-24(34)23(13-18)30(38)43)40-28(42)16-41-26-6-2-1-4-19(26)14-27(41)31(35,36)37/h1-11,13-15,25,28,40,42H,12,16H2,(H2,38,43)/t25-,28?/m0/s1. The van der Waals surface area contributed by atoms with Gasteiger partial charge in [0.05, 0.1) is 23.8 Å². The number of hydrogen-bond donors (Lipinski definition) is 3. The van der Waals surface area contributed by atoms with Gasteiger partial charge in [-0.25, -0.2) is 13.2 Å². The number of hydrogen-bond acceptors (Lipinski definition) is 4. The van der Waals surface area contributed by atoms with Crippen molar-refractivity contribution in [2.24, 2.45) is 5.73 Å². The van der Waals surface area contributed by atoms with Gasteiger partial charge in [-0.3, -0.25) is 15.1 Å². The van der Waals surface area contributed by atoms with Crippen molar-refractivity contribution in [2.45, 2.75) is 31.4 Å². The Balaban J connectivity index is 1.56. The molecule has 5 aromatic rings. The van der Waals surface area contributed by atoms with Crippen molar-refractivity contribution in [3.63, 3.8) is 0 Å². The van der Waals surface area contributed by atoms with Crippen molar-refractivity contribution in [1.82, 2.24) is 14.9 Å². The number of para-hydroxylation sites is 1. The Bertz CT molecular complexity index is 1780. The Morgan fingerprint density at radius 1 is 0.953 bits per heavy atom. The smallest absolute Gasteiger partial charge is 0.377 e. The number of aliphatic hydroxyl groups is 1. The molecule has 1 amide bonds. The van der Waals surface area contributed by atoms with Crippen LogP contribution in [0, 0.1) is 17.5 Å². The first-order chi connectivity index (χ1) is 20.4. The number of nitrogens with zero attached hydrogens (tertiary/aromatic N) is 2. The summed E-state index contributed by atoms with van der Waals surface area (Å²) >= 11 is 0. The van der Waals surface area contributed by atoms with Gasteiger partial charge >= 0.3 is 6.18 Å². The fourth-order valence-electron chi connectivity index (χ4n) is 5.12. The first-order valence-corrected chi connectivity index (χ1v) is 13.0. The zero-order chi connectivity index (χ0) is 30.9. The molecule has 2 atom stereocenters. The summed E-state index contributed by atoms with van der Waals surface area (Å²) in [5.41, 5.74) is 5.24. The van der Waals surface area contributed by atoms with Crippen molar-refractivity contribution in [1.29, 1.82) is 0 Å². The average molecular weight is 599 g/mol. The Morgan fingerprint density at radius 3 is 2.37 bits per heavy atom. The molecule has 43 heavy (non-hydrogen) atoms. The molecule has 0 saturated carbocycles. The Labute approximate surface area is 241 Å². The van der Waals surface area contributed by atoms with Crippen LogP contribution in [0.25, 0.3) is 22.0 Å². The molecule has 4 N–H and O–H groups in total. The van der Waals surface area contributed by atoms with Gasteiger partial charge in [0.25, 0.3) is 5.91 Å². The fraction of sp³-hybridized carbons (Fsp3) is 0.161. The molecule has 0 radical (unpaired) electrons. The summed E-state index contributed by atoms with van der Waals surface area (Å²) in [5, 5.41) is 14.3. The van der Waals surface area contributed by atoms with Crippen molar-refractivity contribution in [2.75, 3.05) is 0 Å². The number of nitrogens with one attached hydrogen (secondary N) is 1. The second-order valence-corrected chi connectivity index (χ2v) is 9.91. The molecular weight excluding hydrogens is 574 g/mol. The van der Waals surface area contributed by atoms with E-state index in [0.717, 1.165) is 28.8 Å². The van der Waals surface area contributed by atoms with Gasteiger partial charge in [-0.05, 0) is 60.0 Å². The molecule has 2 aromatic heterocycles. The van der Waals surface area contributed by atoms with E-state index in [1.807, 2.05) is 0 Å². The quantitative estimate of drug-likeness (QED) is 0.141. The minimum absolute atomic E-state index is 0.155. The lowest BCUT2D eigenvalue weighted by molar-refractivity contribution is -0.143. The molecule has 5 rings (SSSR count). The molecule has 0 saturated heterocycles. The monoisotopic (exact) mass is 598 g/mol. The highest BCUT2D eigenvalue weighted by Crippen LogP contribution is 2.35. The number of carbonyl (C=O) groups is 1. The van der Waals surface area contributed by atoms with Gasteiger partial charge in [0.2, 0.25) is 0 Å². The second-order valence-electron chi connectivity index (χ2n) is 9.91. The minimum Gasteiger partial charge on any atom is -0.377 e. The summed E-state index contributed by atoms with van der Waals surface area (Å²) in [6.45, 7) is -0.541. The second kappa shape index (κ2) is 11.9. The van der Waals surface area contributed by atoms with Crippen molar-refractivity contribution < 1.29 is 36.2 Å². The van der Waals surface area contributed by atoms with Crippen LogP contribution in [0.3, 0.4) is 0 Å². The van der Waals surface area contributed by atoms with Crippen LogP contribution in [0.5, 0.6) is 0 Å². The van der Waals surface area contributed by atoms with E-state index in [2.05, 4.69) is 10.3 Å². The highest BCUT2D eigenvalue weighted by Gasteiger charge is 2.36. The number of benzene rings is 3. The topological polar surface area (TPSA) is 93.2 Å². The molecule has 0 fully saturated rings. The Morgan fingerprint density at radius 2 is 1.67 bits per heavy atom. The summed E-state index contributed by atoms with van der Waals surface area (Å²) in [7, 11) is 0. The van der Waals surface area contributed by atoms with E-state index in [1.54, 1.807) is 24.3 Å².